The van der Waals surface area contributed by atoms with E-state index in [1.54, 1.807) is 45.0 Å². The molecule has 0 heterocycles. The average molecular weight is 369 g/mol. The SMILES string of the molecule is CC(C)OC(=O)NC(CS(=O)(=O)C(C)c1ccc(C=O)cc1)C(C)C. The minimum atomic E-state index is -3.51. The van der Waals surface area contributed by atoms with Gasteiger partial charge >= 0.3 is 6.09 Å². The van der Waals surface area contributed by atoms with E-state index in [0.717, 1.165) is 0 Å². The number of amides is 1. The lowest BCUT2D eigenvalue weighted by Crippen LogP contribution is -2.44. The largest absolute Gasteiger partial charge is 0.447 e. The minimum Gasteiger partial charge on any atom is -0.447 e. The molecule has 1 rings (SSSR count). The van der Waals surface area contributed by atoms with Gasteiger partial charge in [-0.2, -0.15) is 0 Å². The van der Waals surface area contributed by atoms with Crippen LogP contribution in [-0.4, -0.2) is 38.7 Å². The van der Waals surface area contributed by atoms with E-state index in [1.165, 1.54) is 0 Å². The molecule has 0 aliphatic rings. The third-order valence-electron chi connectivity index (χ3n) is 3.94. The first kappa shape index (κ1) is 21.2. The number of benzene rings is 1. The fraction of sp³-hybridized carbons (Fsp3) is 0.556. The highest BCUT2D eigenvalue weighted by atomic mass is 32.2. The van der Waals surface area contributed by atoms with Crippen molar-refractivity contribution in [2.75, 3.05) is 5.75 Å². The van der Waals surface area contributed by atoms with E-state index in [2.05, 4.69) is 5.32 Å². The Morgan fingerprint density at radius 3 is 2.12 bits per heavy atom. The molecule has 0 fully saturated rings. The minimum absolute atomic E-state index is 0.0703. The smallest absolute Gasteiger partial charge is 0.407 e. The molecule has 7 heteroatoms. The zero-order chi connectivity index (χ0) is 19.2. The molecular weight excluding hydrogens is 342 g/mol. The van der Waals surface area contributed by atoms with Gasteiger partial charge in [-0.25, -0.2) is 13.2 Å². The molecular formula is C18H27NO5S. The number of hydrogen-bond acceptors (Lipinski definition) is 5. The normalized spacial score (nSPS) is 14.2. The van der Waals surface area contributed by atoms with Gasteiger partial charge in [0.2, 0.25) is 0 Å². The summed E-state index contributed by atoms with van der Waals surface area (Å²) in [5.74, 6) is -0.256. The third kappa shape index (κ3) is 6.49. The summed E-state index contributed by atoms with van der Waals surface area (Å²) in [5, 5.41) is 1.90. The van der Waals surface area contributed by atoms with Crippen molar-refractivity contribution in [1.82, 2.24) is 5.32 Å². The second-order valence-electron chi connectivity index (χ2n) is 6.71. The molecule has 0 aromatic heterocycles. The Kier molecular flexibility index (Phi) is 7.60. The number of ether oxygens (including phenoxy) is 1. The number of alkyl carbamates (subject to hydrolysis) is 1. The van der Waals surface area contributed by atoms with E-state index in [0.29, 0.717) is 17.4 Å². The number of carbonyl (C=O) groups is 2. The van der Waals surface area contributed by atoms with Gasteiger partial charge in [-0.1, -0.05) is 38.1 Å². The van der Waals surface area contributed by atoms with Gasteiger partial charge in [0.1, 0.15) is 6.29 Å². The Morgan fingerprint density at radius 2 is 1.68 bits per heavy atom. The summed E-state index contributed by atoms with van der Waals surface area (Å²) in [6.45, 7) is 8.76. The van der Waals surface area contributed by atoms with Crippen LogP contribution in [-0.2, 0) is 14.6 Å². The molecule has 2 atom stereocenters. The van der Waals surface area contributed by atoms with E-state index < -0.39 is 27.2 Å². The summed E-state index contributed by atoms with van der Waals surface area (Å²) >= 11 is 0. The number of rotatable bonds is 8. The second-order valence-corrected chi connectivity index (χ2v) is 9.07. The molecule has 25 heavy (non-hydrogen) atoms. The van der Waals surface area contributed by atoms with Crippen molar-refractivity contribution in [3.63, 3.8) is 0 Å². The van der Waals surface area contributed by atoms with Crippen LogP contribution in [0.25, 0.3) is 0 Å². The summed E-state index contributed by atoms with van der Waals surface area (Å²) in [6, 6.07) is 5.90. The van der Waals surface area contributed by atoms with E-state index in [9.17, 15) is 18.0 Å². The molecule has 0 saturated heterocycles. The molecule has 0 saturated carbocycles. The van der Waals surface area contributed by atoms with Gasteiger partial charge in [-0.15, -0.1) is 0 Å². The first-order valence-corrected chi connectivity index (χ1v) is 10.0. The summed E-state index contributed by atoms with van der Waals surface area (Å²) in [5.41, 5.74) is 1.10. The molecule has 0 bridgehead atoms. The van der Waals surface area contributed by atoms with E-state index >= 15 is 0 Å². The van der Waals surface area contributed by atoms with Crippen LogP contribution in [0.2, 0.25) is 0 Å². The molecule has 1 N–H and O–H groups in total. The molecule has 1 aromatic rings. The maximum Gasteiger partial charge on any atom is 0.407 e. The van der Waals surface area contributed by atoms with Crippen molar-refractivity contribution in [3.8, 4) is 0 Å². The first-order valence-electron chi connectivity index (χ1n) is 8.30. The molecule has 1 amide bonds. The van der Waals surface area contributed by atoms with Crippen LogP contribution in [0.15, 0.2) is 24.3 Å². The second kappa shape index (κ2) is 8.99. The van der Waals surface area contributed by atoms with E-state index in [1.807, 2.05) is 13.8 Å². The summed E-state index contributed by atoms with van der Waals surface area (Å²) in [4.78, 5) is 22.5. The third-order valence-corrected chi connectivity index (χ3v) is 6.12. The van der Waals surface area contributed by atoms with Gasteiger partial charge in [0.05, 0.1) is 17.1 Å². The van der Waals surface area contributed by atoms with Gasteiger partial charge in [-0.05, 0) is 32.3 Å². The van der Waals surface area contributed by atoms with Gasteiger partial charge < -0.3 is 10.1 Å². The van der Waals surface area contributed by atoms with Gasteiger partial charge in [-0.3, -0.25) is 4.79 Å². The molecule has 0 aliphatic heterocycles. The van der Waals surface area contributed by atoms with Crippen LogP contribution in [0, 0.1) is 5.92 Å². The Morgan fingerprint density at radius 1 is 1.12 bits per heavy atom. The van der Waals surface area contributed by atoms with Crippen LogP contribution in [0.5, 0.6) is 0 Å². The maximum atomic E-state index is 12.7. The molecule has 2 unspecified atom stereocenters. The predicted octanol–water partition coefficient (Wildman–Crippen LogP) is 3.13. The average Bonchev–Trinajstić information content (AvgIpc) is 2.52. The molecule has 0 radical (unpaired) electrons. The zero-order valence-electron chi connectivity index (χ0n) is 15.4. The lowest BCUT2D eigenvalue weighted by atomic mass is 10.1. The number of hydrogen-bond donors (Lipinski definition) is 1. The van der Waals surface area contributed by atoms with Crippen LogP contribution in [0.3, 0.4) is 0 Å². The molecule has 140 valence electrons. The molecule has 1 aromatic carbocycles. The summed E-state index contributed by atoms with van der Waals surface area (Å²) in [6.07, 6.45) is -0.186. The fourth-order valence-electron chi connectivity index (χ4n) is 2.25. The lowest BCUT2D eigenvalue weighted by Gasteiger charge is -2.24. The first-order chi connectivity index (χ1) is 11.6. The lowest BCUT2D eigenvalue weighted by molar-refractivity contribution is 0.110. The predicted molar refractivity (Wildman–Crippen MR) is 97.4 cm³/mol. The van der Waals surface area contributed by atoms with Crippen molar-refractivity contribution in [2.45, 2.75) is 52.0 Å². The Balaban J connectivity index is 2.89. The van der Waals surface area contributed by atoms with Crippen LogP contribution in [0.4, 0.5) is 4.79 Å². The molecule has 0 aliphatic carbocycles. The fourth-order valence-corrected chi connectivity index (χ4v) is 4.08. The number of nitrogens with one attached hydrogen (secondary N) is 1. The molecule has 0 spiro atoms. The van der Waals surface area contributed by atoms with Crippen molar-refractivity contribution in [2.24, 2.45) is 5.92 Å². The van der Waals surface area contributed by atoms with Crippen molar-refractivity contribution >= 4 is 22.2 Å². The van der Waals surface area contributed by atoms with Crippen molar-refractivity contribution in [1.29, 1.82) is 0 Å². The number of carbonyl (C=O) groups excluding carboxylic acids is 2. The van der Waals surface area contributed by atoms with Crippen LogP contribution >= 0.6 is 0 Å². The van der Waals surface area contributed by atoms with Crippen molar-refractivity contribution in [3.05, 3.63) is 35.4 Å². The van der Waals surface area contributed by atoms with Crippen LogP contribution in [0.1, 0.15) is 55.8 Å². The summed E-state index contributed by atoms with van der Waals surface area (Å²) in [7, 11) is -3.51. The molecule has 6 nitrogen and oxygen atoms in total. The number of aldehydes is 1. The van der Waals surface area contributed by atoms with Crippen LogP contribution < -0.4 is 5.32 Å². The van der Waals surface area contributed by atoms with E-state index in [4.69, 9.17) is 4.74 Å². The zero-order valence-corrected chi connectivity index (χ0v) is 16.2. The Hall–Kier alpha value is -1.89. The highest BCUT2D eigenvalue weighted by molar-refractivity contribution is 7.91. The summed E-state index contributed by atoms with van der Waals surface area (Å²) < 4.78 is 30.5. The monoisotopic (exact) mass is 369 g/mol. The quantitative estimate of drug-likeness (QED) is 0.711. The highest BCUT2D eigenvalue weighted by Crippen LogP contribution is 2.24. The standard InChI is InChI=1S/C18H27NO5S/c1-12(2)17(19-18(21)24-13(3)4)11-25(22,23)14(5)16-8-6-15(10-20)7-9-16/h6-10,12-14,17H,11H2,1-5H3,(H,19,21). The van der Waals surface area contributed by atoms with E-state index in [-0.39, 0.29) is 17.8 Å². The Labute approximate surface area is 149 Å². The van der Waals surface area contributed by atoms with Gasteiger partial charge in [0.15, 0.2) is 9.84 Å². The van der Waals surface area contributed by atoms with Gasteiger partial charge in [0, 0.05) is 11.6 Å². The Bertz CT molecular complexity index is 680. The highest BCUT2D eigenvalue weighted by Gasteiger charge is 2.29. The topological polar surface area (TPSA) is 89.5 Å². The van der Waals surface area contributed by atoms with Crippen molar-refractivity contribution < 1.29 is 22.7 Å². The maximum absolute atomic E-state index is 12.7. The number of sulfone groups is 1. The van der Waals surface area contributed by atoms with Gasteiger partial charge in [0.25, 0.3) is 0 Å².